The fourth-order valence-electron chi connectivity index (χ4n) is 3.61. The molecule has 1 fully saturated rings. The summed E-state index contributed by atoms with van der Waals surface area (Å²) in [6.07, 6.45) is 4.34. The number of amides is 1. The Morgan fingerprint density at radius 1 is 0.963 bits per heavy atom. The van der Waals surface area contributed by atoms with Gasteiger partial charge in [0.1, 0.15) is 5.41 Å². The number of nitriles is 1. The van der Waals surface area contributed by atoms with E-state index in [9.17, 15) is 10.1 Å². The monoisotopic (exact) mass is 362 g/mol. The van der Waals surface area contributed by atoms with Crippen molar-refractivity contribution in [2.75, 3.05) is 0 Å². The summed E-state index contributed by atoms with van der Waals surface area (Å²) in [4.78, 5) is 12.7. The zero-order valence-electron chi connectivity index (χ0n) is 15.6. The van der Waals surface area contributed by atoms with E-state index in [0.29, 0.717) is 32.6 Å². The minimum absolute atomic E-state index is 0.135. The smallest absolute Gasteiger partial charge is 0.240 e. The van der Waals surface area contributed by atoms with E-state index >= 15 is 0 Å². The van der Waals surface area contributed by atoms with Crippen LogP contribution in [0.3, 0.4) is 0 Å². The maximum absolute atomic E-state index is 12.7. The second kappa shape index (κ2) is 9.34. The molecule has 0 bridgehead atoms. The van der Waals surface area contributed by atoms with Crippen LogP contribution < -0.4 is 5.32 Å². The third-order valence-electron chi connectivity index (χ3n) is 5.28. The number of hydrogen-bond donors (Lipinski definition) is 1. The molecule has 2 aromatic rings. The molecule has 1 aliphatic rings. The van der Waals surface area contributed by atoms with E-state index in [0.717, 1.165) is 36.0 Å². The van der Waals surface area contributed by atoms with Crippen molar-refractivity contribution in [1.82, 2.24) is 5.32 Å². The van der Waals surface area contributed by atoms with Crippen molar-refractivity contribution in [3.8, 4) is 6.07 Å². The molecule has 3 rings (SSSR count). The molecule has 0 radical (unpaired) electrons. The van der Waals surface area contributed by atoms with E-state index in [2.05, 4.69) is 11.4 Å². The molecular weight excluding hydrogens is 336 g/mol. The van der Waals surface area contributed by atoms with Gasteiger partial charge in [-0.1, -0.05) is 73.9 Å². The quantitative estimate of drug-likeness (QED) is 0.789. The molecule has 1 N–H and O–H groups in total. The Balaban J connectivity index is 1.57. The van der Waals surface area contributed by atoms with Gasteiger partial charge in [0.05, 0.1) is 19.3 Å². The summed E-state index contributed by atoms with van der Waals surface area (Å²) in [6.45, 7) is 1.47. The maximum atomic E-state index is 12.7. The molecule has 4 nitrogen and oxygen atoms in total. The Kier molecular flexibility index (Phi) is 6.62. The molecule has 1 aliphatic carbocycles. The van der Waals surface area contributed by atoms with E-state index in [1.54, 1.807) is 0 Å². The predicted octanol–water partition coefficient (Wildman–Crippen LogP) is 4.49. The van der Waals surface area contributed by atoms with Crippen molar-refractivity contribution in [3.05, 3.63) is 71.3 Å². The van der Waals surface area contributed by atoms with Gasteiger partial charge in [-0.05, 0) is 29.5 Å². The largest absolute Gasteiger partial charge is 0.372 e. The number of rotatable bonds is 7. The summed E-state index contributed by atoms with van der Waals surface area (Å²) in [5.41, 5.74) is 2.37. The average molecular weight is 362 g/mol. The van der Waals surface area contributed by atoms with Gasteiger partial charge in [0.25, 0.3) is 0 Å². The zero-order valence-corrected chi connectivity index (χ0v) is 15.6. The SMILES string of the molecule is N#CC1(C(=O)NCc2ccccc2COCc2ccccc2)CCCCC1. The number of nitrogens with zero attached hydrogens (tertiary/aromatic N) is 1. The molecule has 140 valence electrons. The number of carbonyl (C=O) groups is 1. The normalized spacial score (nSPS) is 15.7. The van der Waals surface area contributed by atoms with Crippen molar-refractivity contribution in [2.45, 2.75) is 51.9 Å². The van der Waals surface area contributed by atoms with Crippen molar-refractivity contribution in [3.63, 3.8) is 0 Å². The third-order valence-corrected chi connectivity index (χ3v) is 5.28. The standard InChI is InChI=1S/C23H26N2O2/c24-18-23(13-7-2-8-14-23)22(26)25-15-20-11-5-6-12-21(20)17-27-16-19-9-3-1-4-10-19/h1,3-6,9-12H,2,7-8,13-17H2,(H,25,26). The fourth-order valence-corrected chi connectivity index (χ4v) is 3.61. The third kappa shape index (κ3) is 4.96. The molecule has 0 spiro atoms. The van der Waals surface area contributed by atoms with Gasteiger partial charge in [-0.15, -0.1) is 0 Å². The van der Waals surface area contributed by atoms with Crippen LogP contribution in [0.2, 0.25) is 0 Å². The molecule has 0 atom stereocenters. The van der Waals surface area contributed by atoms with E-state index in [1.807, 2.05) is 54.6 Å². The van der Waals surface area contributed by atoms with E-state index < -0.39 is 5.41 Å². The number of benzene rings is 2. The molecule has 2 aromatic carbocycles. The molecule has 0 unspecified atom stereocenters. The van der Waals surface area contributed by atoms with Crippen LogP contribution in [0.4, 0.5) is 0 Å². The van der Waals surface area contributed by atoms with E-state index in [1.165, 1.54) is 0 Å². The summed E-state index contributed by atoms with van der Waals surface area (Å²) in [5.74, 6) is -0.135. The molecule has 0 saturated heterocycles. The molecule has 1 amide bonds. The van der Waals surface area contributed by atoms with Crippen molar-refractivity contribution in [2.24, 2.45) is 5.41 Å². The Morgan fingerprint density at radius 3 is 2.33 bits per heavy atom. The summed E-state index contributed by atoms with van der Waals surface area (Å²) in [5, 5.41) is 12.5. The highest BCUT2D eigenvalue weighted by atomic mass is 16.5. The predicted molar refractivity (Wildman–Crippen MR) is 104 cm³/mol. The number of nitrogens with one attached hydrogen (secondary N) is 1. The first-order chi connectivity index (χ1) is 13.2. The Labute approximate surface area is 161 Å². The Hall–Kier alpha value is -2.64. The molecule has 1 saturated carbocycles. The summed E-state index contributed by atoms with van der Waals surface area (Å²) in [6, 6.07) is 20.3. The Bertz CT molecular complexity index is 790. The van der Waals surface area contributed by atoms with Crippen LogP contribution in [0, 0.1) is 16.7 Å². The van der Waals surface area contributed by atoms with Crippen molar-refractivity contribution < 1.29 is 9.53 Å². The van der Waals surface area contributed by atoms with Gasteiger partial charge in [-0.3, -0.25) is 4.79 Å². The van der Waals surface area contributed by atoms with Crippen LogP contribution in [0.25, 0.3) is 0 Å². The van der Waals surface area contributed by atoms with Gasteiger partial charge in [0.15, 0.2) is 0 Å². The van der Waals surface area contributed by atoms with Gasteiger partial charge in [-0.2, -0.15) is 5.26 Å². The van der Waals surface area contributed by atoms with Crippen molar-refractivity contribution >= 4 is 5.91 Å². The maximum Gasteiger partial charge on any atom is 0.240 e. The van der Waals surface area contributed by atoms with Crippen LogP contribution >= 0.6 is 0 Å². The second-order valence-corrected chi connectivity index (χ2v) is 7.18. The Morgan fingerprint density at radius 2 is 1.63 bits per heavy atom. The van der Waals surface area contributed by atoms with Gasteiger partial charge in [0, 0.05) is 6.54 Å². The lowest BCUT2D eigenvalue weighted by Crippen LogP contribution is -2.41. The topological polar surface area (TPSA) is 62.1 Å². The van der Waals surface area contributed by atoms with Crippen LogP contribution in [0.1, 0.15) is 48.8 Å². The highest BCUT2D eigenvalue weighted by Crippen LogP contribution is 2.35. The molecular formula is C23H26N2O2. The van der Waals surface area contributed by atoms with E-state index in [4.69, 9.17) is 4.74 Å². The number of ether oxygens (including phenoxy) is 1. The summed E-state index contributed by atoms with van der Waals surface area (Å²) < 4.78 is 5.85. The second-order valence-electron chi connectivity index (χ2n) is 7.18. The molecule has 4 heteroatoms. The van der Waals surface area contributed by atoms with E-state index in [-0.39, 0.29) is 5.91 Å². The first kappa shape index (κ1) is 19.1. The average Bonchev–Trinajstić information content (AvgIpc) is 2.74. The molecule has 27 heavy (non-hydrogen) atoms. The van der Waals surface area contributed by atoms with Crippen molar-refractivity contribution in [1.29, 1.82) is 5.26 Å². The highest BCUT2D eigenvalue weighted by Gasteiger charge is 2.39. The first-order valence-corrected chi connectivity index (χ1v) is 9.61. The summed E-state index contributed by atoms with van der Waals surface area (Å²) >= 11 is 0. The van der Waals surface area contributed by atoms with Crippen LogP contribution in [-0.4, -0.2) is 5.91 Å². The van der Waals surface area contributed by atoms with Gasteiger partial charge >= 0.3 is 0 Å². The number of hydrogen-bond acceptors (Lipinski definition) is 3. The van der Waals surface area contributed by atoms with Gasteiger partial charge in [-0.25, -0.2) is 0 Å². The zero-order chi connectivity index (χ0) is 19.0. The highest BCUT2D eigenvalue weighted by molar-refractivity contribution is 5.85. The molecule has 0 aliphatic heterocycles. The lowest BCUT2D eigenvalue weighted by Gasteiger charge is -2.29. The summed E-state index contributed by atoms with van der Waals surface area (Å²) in [7, 11) is 0. The minimum Gasteiger partial charge on any atom is -0.372 e. The van der Waals surface area contributed by atoms with Crippen LogP contribution in [-0.2, 0) is 29.3 Å². The molecule has 0 aromatic heterocycles. The van der Waals surface area contributed by atoms with Crippen LogP contribution in [0.15, 0.2) is 54.6 Å². The number of carbonyl (C=O) groups excluding carboxylic acids is 1. The first-order valence-electron chi connectivity index (χ1n) is 9.61. The van der Waals surface area contributed by atoms with Crippen LogP contribution in [0.5, 0.6) is 0 Å². The lowest BCUT2D eigenvalue weighted by molar-refractivity contribution is -0.129. The lowest BCUT2D eigenvalue weighted by atomic mass is 9.74. The van der Waals surface area contributed by atoms with Gasteiger partial charge in [0.2, 0.25) is 5.91 Å². The van der Waals surface area contributed by atoms with Gasteiger partial charge < -0.3 is 10.1 Å². The minimum atomic E-state index is -0.850. The molecule has 0 heterocycles. The fraction of sp³-hybridized carbons (Fsp3) is 0.391.